The van der Waals surface area contributed by atoms with E-state index in [1.807, 2.05) is 36.4 Å². The van der Waals surface area contributed by atoms with Crippen LogP contribution in [-0.2, 0) is 11.3 Å². The van der Waals surface area contributed by atoms with Gasteiger partial charge in [0.15, 0.2) is 0 Å². The first-order valence-corrected chi connectivity index (χ1v) is 11.3. The van der Waals surface area contributed by atoms with Gasteiger partial charge >= 0.3 is 0 Å². The van der Waals surface area contributed by atoms with E-state index in [1.165, 1.54) is 22.9 Å². The van der Waals surface area contributed by atoms with Crippen molar-refractivity contribution in [1.29, 1.82) is 0 Å². The minimum atomic E-state index is -0.148. The third kappa shape index (κ3) is 5.39. The van der Waals surface area contributed by atoms with Crippen molar-refractivity contribution >= 4 is 34.8 Å². The molecule has 0 bridgehead atoms. The van der Waals surface area contributed by atoms with E-state index in [0.717, 1.165) is 33.7 Å². The van der Waals surface area contributed by atoms with Gasteiger partial charge in [-0.25, -0.2) is 5.43 Å². The Bertz CT molecular complexity index is 1250. The molecule has 1 aromatic heterocycles. The Balaban J connectivity index is 1.41. The quantitative estimate of drug-likeness (QED) is 0.230. The lowest BCUT2D eigenvalue weighted by Gasteiger charge is -2.06. The summed E-state index contributed by atoms with van der Waals surface area (Å²) in [6.07, 6.45) is 3.79. The van der Waals surface area contributed by atoms with Crippen LogP contribution in [0.15, 0.2) is 89.0 Å². The largest absolute Gasteiger partial charge is 0.497 e. The van der Waals surface area contributed by atoms with Crippen LogP contribution in [0.3, 0.4) is 0 Å². The molecule has 162 valence electrons. The Hall–Kier alpha value is -3.51. The van der Waals surface area contributed by atoms with Gasteiger partial charge in [0.2, 0.25) is 5.91 Å². The number of para-hydroxylation sites is 1. The van der Waals surface area contributed by atoms with Crippen LogP contribution in [0.5, 0.6) is 5.75 Å². The molecule has 0 saturated carbocycles. The molecule has 3 aromatic carbocycles. The number of hydrogen-bond donors (Lipinski definition) is 1. The fourth-order valence-corrected chi connectivity index (χ4v) is 4.23. The highest BCUT2D eigenvalue weighted by Gasteiger charge is 2.08. The zero-order valence-corrected chi connectivity index (χ0v) is 18.9. The minimum Gasteiger partial charge on any atom is -0.497 e. The third-order valence-electron chi connectivity index (χ3n) is 5.08. The number of amides is 1. The number of nitrogens with zero attached hydrogens (tertiary/aromatic N) is 2. The monoisotopic (exact) mass is 443 g/mol. The van der Waals surface area contributed by atoms with Gasteiger partial charge in [-0.15, -0.1) is 11.8 Å². The van der Waals surface area contributed by atoms with E-state index < -0.39 is 0 Å². The Labute approximate surface area is 192 Å². The first-order valence-electron chi connectivity index (χ1n) is 10.3. The average Bonchev–Trinajstić information content (AvgIpc) is 3.15. The van der Waals surface area contributed by atoms with Crippen molar-refractivity contribution in [3.8, 4) is 5.75 Å². The van der Waals surface area contributed by atoms with Crippen LogP contribution in [0.25, 0.3) is 10.9 Å². The number of aromatic nitrogens is 1. The number of hydrazone groups is 1. The normalized spacial score (nSPS) is 11.2. The summed E-state index contributed by atoms with van der Waals surface area (Å²) in [5.41, 5.74) is 7.23. The molecular formula is C26H25N3O2S. The number of aryl methyl sites for hydroxylation is 1. The molecule has 4 rings (SSSR count). The summed E-state index contributed by atoms with van der Waals surface area (Å²) in [5, 5.41) is 5.30. The Morgan fingerprint density at radius 1 is 1.09 bits per heavy atom. The number of hydrogen-bond acceptors (Lipinski definition) is 4. The van der Waals surface area contributed by atoms with Gasteiger partial charge in [0, 0.05) is 34.1 Å². The number of fused-ring (bicyclic) bond motifs is 1. The van der Waals surface area contributed by atoms with Crippen LogP contribution in [0.2, 0.25) is 0 Å². The molecule has 5 nitrogen and oxygen atoms in total. The van der Waals surface area contributed by atoms with Crippen molar-refractivity contribution < 1.29 is 9.53 Å². The Morgan fingerprint density at radius 3 is 2.69 bits per heavy atom. The number of thioether (sulfide) groups is 1. The summed E-state index contributed by atoms with van der Waals surface area (Å²) in [7, 11) is 1.63. The van der Waals surface area contributed by atoms with Crippen LogP contribution in [-0.4, -0.2) is 29.6 Å². The van der Waals surface area contributed by atoms with Gasteiger partial charge in [-0.2, -0.15) is 5.10 Å². The van der Waals surface area contributed by atoms with Gasteiger partial charge in [-0.3, -0.25) is 4.79 Å². The number of rotatable bonds is 8. The minimum absolute atomic E-state index is 0.148. The van der Waals surface area contributed by atoms with Gasteiger partial charge in [-0.1, -0.05) is 48.0 Å². The molecule has 0 saturated heterocycles. The lowest BCUT2D eigenvalue weighted by Crippen LogP contribution is -2.19. The predicted octanol–water partition coefficient (Wildman–Crippen LogP) is 5.25. The summed E-state index contributed by atoms with van der Waals surface area (Å²) < 4.78 is 7.37. The van der Waals surface area contributed by atoms with E-state index in [1.54, 1.807) is 13.3 Å². The molecule has 32 heavy (non-hydrogen) atoms. The first-order chi connectivity index (χ1) is 15.6. The molecule has 0 atom stereocenters. The highest BCUT2D eigenvalue weighted by atomic mass is 32.2. The second-order valence-electron chi connectivity index (χ2n) is 7.48. The average molecular weight is 444 g/mol. The van der Waals surface area contributed by atoms with Crippen LogP contribution < -0.4 is 10.2 Å². The van der Waals surface area contributed by atoms with Gasteiger partial charge in [0.1, 0.15) is 5.75 Å². The van der Waals surface area contributed by atoms with Crippen molar-refractivity contribution in [3.05, 3.63) is 95.7 Å². The SMILES string of the molecule is COc1ccc(SCC(=O)N/N=C/c2cn(Cc3cccc(C)c3)c3ccccc23)cc1. The molecule has 0 unspecified atom stereocenters. The second-order valence-corrected chi connectivity index (χ2v) is 8.52. The number of carbonyl (C=O) groups is 1. The zero-order valence-electron chi connectivity index (χ0n) is 18.1. The van der Waals surface area contributed by atoms with E-state index in [9.17, 15) is 4.79 Å². The van der Waals surface area contributed by atoms with Crippen LogP contribution >= 0.6 is 11.8 Å². The maximum absolute atomic E-state index is 12.2. The summed E-state index contributed by atoms with van der Waals surface area (Å²) >= 11 is 1.46. The smallest absolute Gasteiger partial charge is 0.250 e. The summed E-state index contributed by atoms with van der Waals surface area (Å²) in [6, 6.07) is 24.4. The van der Waals surface area contributed by atoms with E-state index >= 15 is 0 Å². The second kappa shape index (κ2) is 10.2. The number of ether oxygens (including phenoxy) is 1. The predicted molar refractivity (Wildman–Crippen MR) is 132 cm³/mol. The molecule has 0 aliphatic rings. The Kier molecular flexibility index (Phi) is 6.92. The highest BCUT2D eigenvalue weighted by Crippen LogP contribution is 2.22. The fraction of sp³-hybridized carbons (Fsp3) is 0.154. The molecule has 0 aliphatic carbocycles. The van der Waals surface area contributed by atoms with Crippen molar-refractivity contribution in [2.45, 2.75) is 18.4 Å². The highest BCUT2D eigenvalue weighted by molar-refractivity contribution is 8.00. The van der Waals surface area contributed by atoms with Gasteiger partial charge in [0.05, 0.1) is 19.1 Å². The van der Waals surface area contributed by atoms with E-state index in [2.05, 4.69) is 64.6 Å². The molecule has 1 amide bonds. The molecule has 0 fully saturated rings. The summed E-state index contributed by atoms with van der Waals surface area (Å²) in [6.45, 7) is 2.88. The standard InChI is InChI=1S/C26H25N3O2S/c1-19-6-5-7-20(14-19)16-29-17-21(24-8-3-4-9-25(24)29)15-27-28-26(30)18-32-23-12-10-22(31-2)11-13-23/h3-15,17H,16,18H2,1-2H3,(H,28,30)/b27-15+. The van der Waals surface area contributed by atoms with Crippen LogP contribution in [0.4, 0.5) is 0 Å². The zero-order chi connectivity index (χ0) is 22.3. The number of carbonyl (C=O) groups excluding carboxylic acids is 1. The lowest BCUT2D eigenvalue weighted by atomic mass is 10.1. The van der Waals surface area contributed by atoms with Gasteiger partial charge in [-0.05, 0) is 42.8 Å². The molecular weight excluding hydrogens is 418 g/mol. The van der Waals surface area contributed by atoms with Crippen molar-refractivity contribution in [1.82, 2.24) is 9.99 Å². The summed E-state index contributed by atoms with van der Waals surface area (Å²) in [5.74, 6) is 0.939. The maximum atomic E-state index is 12.2. The number of benzene rings is 3. The molecule has 0 aliphatic heterocycles. The van der Waals surface area contributed by atoms with E-state index in [0.29, 0.717) is 5.75 Å². The lowest BCUT2D eigenvalue weighted by molar-refractivity contribution is -0.118. The molecule has 4 aromatic rings. The third-order valence-corrected chi connectivity index (χ3v) is 6.09. The number of methoxy groups -OCH3 is 1. The Morgan fingerprint density at radius 2 is 1.91 bits per heavy atom. The molecule has 6 heteroatoms. The van der Waals surface area contributed by atoms with Gasteiger partial charge < -0.3 is 9.30 Å². The van der Waals surface area contributed by atoms with Crippen molar-refractivity contribution in [2.24, 2.45) is 5.10 Å². The van der Waals surface area contributed by atoms with E-state index in [4.69, 9.17) is 4.74 Å². The fourth-order valence-electron chi connectivity index (χ4n) is 3.54. The van der Waals surface area contributed by atoms with Crippen LogP contribution in [0.1, 0.15) is 16.7 Å². The van der Waals surface area contributed by atoms with E-state index in [-0.39, 0.29) is 5.91 Å². The molecule has 0 spiro atoms. The summed E-state index contributed by atoms with van der Waals surface area (Å²) in [4.78, 5) is 13.2. The maximum Gasteiger partial charge on any atom is 0.250 e. The van der Waals surface area contributed by atoms with Crippen molar-refractivity contribution in [3.63, 3.8) is 0 Å². The molecule has 0 radical (unpaired) electrons. The van der Waals surface area contributed by atoms with Crippen molar-refractivity contribution in [2.75, 3.05) is 12.9 Å². The topological polar surface area (TPSA) is 55.6 Å². The number of nitrogens with one attached hydrogen (secondary N) is 1. The molecule has 1 heterocycles. The van der Waals surface area contributed by atoms with Crippen LogP contribution in [0, 0.1) is 6.92 Å². The van der Waals surface area contributed by atoms with Gasteiger partial charge in [0.25, 0.3) is 0 Å². The first kappa shape index (κ1) is 21.7. The molecule has 1 N–H and O–H groups in total.